The van der Waals surface area contributed by atoms with Crippen LogP contribution in [-0.4, -0.2) is 71.0 Å². The smallest absolute Gasteiger partial charge is 0.426 e. The van der Waals surface area contributed by atoms with E-state index in [1.807, 2.05) is 0 Å². The molecule has 1 aromatic carbocycles. The molecule has 1 saturated heterocycles. The molecule has 0 radical (unpaired) electrons. The van der Waals surface area contributed by atoms with Gasteiger partial charge in [0.25, 0.3) is 11.8 Å². The molecule has 2 aromatic rings. The number of aromatic nitrogens is 1. The number of carbonyl (C=O) groups is 2. The highest BCUT2D eigenvalue weighted by atomic mass is 79.9. The number of aliphatic hydroxyl groups is 1. The quantitative estimate of drug-likeness (QED) is 0.596. The van der Waals surface area contributed by atoms with E-state index in [-0.39, 0.29) is 17.1 Å². The molecule has 33 heavy (non-hydrogen) atoms. The second kappa shape index (κ2) is 9.26. The lowest BCUT2D eigenvalue weighted by Gasteiger charge is -2.32. The van der Waals surface area contributed by atoms with Gasteiger partial charge >= 0.3 is 6.18 Å². The van der Waals surface area contributed by atoms with E-state index in [1.54, 1.807) is 18.2 Å². The van der Waals surface area contributed by atoms with Crippen molar-refractivity contribution in [1.82, 2.24) is 9.88 Å². The van der Waals surface area contributed by atoms with Gasteiger partial charge in [0.2, 0.25) is 11.5 Å². The molecule has 0 spiro atoms. The average molecular weight is 534 g/mol. The largest absolute Gasteiger partial charge is 0.480 e. The van der Waals surface area contributed by atoms with E-state index >= 15 is 4.39 Å². The molecule has 2 amide bonds. The minimum absolute atomic E-state index is 0.0185. The highest BCUT2D eigenvalue weighted by Crippen LogP contribution is 2.35. The standard InChI is InChI=1S/C21H20BrF4N3O4/c1-20(32,21(24,25)26)19(31)28-10-15(23)16(11-28)29(13-6-4-3-5-7-13)18(30)14-8-12(22)9-27-17(14)33-2/h3-9,15-16,32H,10-11H2,1-2H3/t15-,16+,20+/m0/s1. The number of amides is 2. The van der Waals surface area contributed by atoms with E-state index in [0.29, 0.717) is 16.3 Å². The monoisotopic (exact) mass is 533 g/mol. The van der Waals surface area contributed by atoms with Crippen LogP contribution in [0.15, 0.2) is 47.1 Å². The van der Waals surface area contributed by atoms with E-state index in [1.165, 1.54) is 31.5 Å². The van der Waals surface area contributed by atoms with Crippen LogP contribution in [0, 0.1) is 0 Å². The van der Waals surface area contributed by atoms with E-state index in [0.717, 1.165) is 4.90 Å². The number of alkyl halides is 4. The zero-order valence-electron chi connectivity index (χ0n) is 17.5. The maximum atomic E-state index is 15.1. The van der Waals surface area contributed by atoms with Crippen molar-refractivity contribution in [3.63, 3.8) is 0 Å². The van der Waals surface area contributed by atoms with Crippen molar-refractivity contribution in [3.8, 4) is 5.88 Å². The number of pyridine rings is 1. The Hall–Kier alpha value is -2.73. The van der Waals surface area contributed by atoms with Crippen LogP contribution in [0.5, 0.6) is 5.88 Å². The molecule has 0 saturated carbocycles. The summed E-state index contributed by atoms with van der Waals surface area (Å²) in [5.41, 5.74) is -3.45. The first kappa shape index (κ1) is 24.9. The number of rotatable bonds is 5. The number of carbonyl (C=O) groups excluding carboxylic acids is 2. The molecule has 3 atom stereocenters. The van der Waals surface area contributed by atoms with Gasteiger partial charge in [-0.15, -0.1) is 0 Å². The summed E-state index contributed by atoms with van der Waals surface area (Å²) in [4.78, 5) is 31.6. The van der Waals surface area contributed by atoms with Gasteiger partial charge in [0, 0.05) is 22.9 Å². The lowest BCUT2D eigenvalue weighted by atomic mass is 10.1. The fourth-order valence-corrected chi connectivity index (χ4v) is 3.84. The Morgan fingerprint density at radius 2 is 1.88 bits per heavy atom. The molecule has 0 bridgehead atoms. The Morgan fingerprint density at radius 1 is 1.24 bits per heavy atom. The maximum Gasteiger partial charge on any atom is 0.426 e. The number of benzene rings is 1. The van der Waals surface area contributed by atoms with E-state index < -0.39 is 48.9 Å². The Balaban J connectivity index is 2.01. The molecule has 0 unspecified atom stereocenters. The molecule has 3 rings (SSSR count). The number of hydrogen-bond acceptors (Lipinski definition) is 5. The average Bonchev–Trinajstić information content (AvgIpc) is 3.14. The third-order valence-corrected chi connectivity index (χ3v) is 5.74. The van der Waals surface area contributed by atoms with Crippen molar-refractivity contribution in [2.45, 2.75) is 30.9 Å². The maximum absolute atomic E-state index is 15.1. The van der Waals surface area contributed by atoms with Crippen LogP contribution in [0.25, 0.3) is 0 Å². The number of likely N-dealkylation sites (tertiary alicyclic amines) is 1. The minimum atomic E-state index is -5.25. The molecule has 0 aliphatic carbocycles. The Labute approximate surface area is 195 Å². The van der Waals surface area contributed by atoms with Crippen LogP contribution in [0.1, 0.15) is 17.3 Å². The van der Waals surface area contributed by atoms with E-state index in [9.17, 15) is 27.9 Å². The highest BCUT2D eigenvalue weighted by molar-refractivity contribution is 9.10. The summed E-state index contributed by atoms with van der Waals surface area (Å²) in [6.45, 7) is -0.967. The fourth-order valence-electron chi connectivity index (χ4n) is 3.51. The van der Waals surface area contributed by atoms with Gasteiger partial charge in [0.05, 0.1) is 19.7 Å². The normalized spacial score (nSPS) is 20.3. The summed E-state index contributed by atoms with van der Waals surface area (Å²) < 4.78 is 60.2. The summed E-state index contributed by atoms with van der Waals surface area (Å²) in [5.74, 6) is -2.45. The third-order valence-electron chi connectivity index (χ3n) is 5.30. The molecular weight excluding hydrogens is 514 g/mol. The molecule has 7 nitrogen and oxygen atoms in total. The summed E-state index contributed by atoms with van der Waals surface area (Å²) in [7, 11) is 1.30. The van der Waals surface area contributed by atoms with Crippen LogP contribution >= 0.6 is 15.9 Å². The van der Waals surface area contributed by atoms with Gasteiger partial charge in [-0.05, 0) is 41.1 Å². The van der Waals surface area contributed by atoms with Crippen LogP contribution in [0.3, 0.4) is 0 Å². The second-order valence-electron chi connectivity index (χ2n) is 7.58. The lowest BCUT2D eigenvalue weighted by molar-refractivity contribution is -0.249. The van der Waals surface area contributed by atoms with Crippen molar-refractivity contribution in [3.05, 3.63) is 52.6 Å². The SMILES string of the molecule is COc1ncc(Br)cc1C(=O)N(c1ccccc1)[C@@H]1CN(C(=O)[C@@](C)(O)C(F)(F)F)C[C@@H]1F. The van der Waals surface area contributed by atoms with Gasteiger partial charge in [-0.1, -0.05) is 18.2 Å². The first-order valence-electron chi connectivity index (χ1n) is 9.69. The molecule has 12 heteroatoms. The predicted octanol–water partition coefficient (Wildman–Crippen LogP) is 3.36. The topological polar surface area (TPSA) is 83.0 Å². The third kappa shape index (κ3) is 4.81. The molecule has 1 aliphatic rings. The van der Waals surface area contributed by atoms with Gasteiger partial charge < -0.3 is 19.6 Å². The first-order valence-corrected chi connectivity index (χ1v) is 10.5. The lowest BCUT2D eigenvalue weighted by Crippen LogP contribution is -2.56. The van der Waals surface area contributed by atoms with Crippen molar-refractivity contribution >= 4 is 33.4 Å². The first-order chi connectivity index (χ1) is 15.4. The number of para-hydroxylation sites is 1. The van der Waals surface area contributed by atoms with Crippen LogP contribution < -0.4 is 9.64 Å². The zero-order chi connectivity index (χ0) is 24.6. The molecule has 1 aromatic heterocycles. The van der Waals surface area contributed by atoms with Gasteiger partial charge in [0.1, 0.15) is 11.7 Å². The van der Waals surface area contributed by atoms with Crippen molar-refractivity contribution in [1.29, 1.82) is 0 Å². The summed E-state index contributed by atoms with van der Waals surface area (Å²) >= 11 is 3.21. The summed E-state index contributed by atoms with van der Waals surface area (Å²) in [5, 5.41) is 9.74. The van der Waals surface area contributed by atoms with Crippen LogP contribution in [0.2, 0.25) is 0 Å². The molecular formula is C21H20BrF4N3O4. The van der Waals surface area contributed by atoms with Gasteiger partial charge in [-0.2, -0.15) is 13.2 Å². The van der Waals surface area contributed by atoms with Gasteiger partial charge in [-0.25, -0.2) is 9.37 Å². The predicted molar refractivity (Wildman–Crippen MR) is 114 cm³/mol. The second-order valence-corrected chi connectivity index (χ2v) is 8.50. The van der Waals surface area contributed by atoms with E-state index in [2.05, 4.69) is 20.9 Å². The number of nitrogens with zero attached hydrogens (tertiary/aromatic N) is 3. The van der Waals surface area contributed by atoms with Crippen molar-refractivity contribution in [2.75, 3.05) is 25.1 Å². The van der Waals surface area contributed by atoms with Crippen LogP contribution in [0.4, 0.5) is 23.2 Å². The van der Waals surface area contributed by atoms with Crippen molar-refractivity contribution in [2.24, 2.45) is 0 Å². The summed E-state index contributed by atoms with van der Waals surface area (Å²) in [6.07, 6.45) is -5.73. The Kier molecular flexibility index (Phi) is 6.99. The zero-order valence-corrected chi connectivity index (χ0v) is 19.1. The molecule has 1 N–H and O–H groups in total. The van der Waals surface area contributed by atoms with Crippen LogP contribution in [-0.2, 0) is 4.79 Å². The fraction of sp³-hybridized carbons (Fsp3) is 0.381. The van der Waals surface area contributed by atoms with Gasteiger partial charge in [-0.3, -0.25) is 9.59 Å². The summed E-state index contributed by atoms with van der Waals surface area (Å²) in [6, 6.07) is 8.03. The molecule has 178 valence electrons. The molecule has 1 aliphatic heterocycles. The number of methoxy groups -OCH3 is 1. The number of anilines is 1. The highest BCUT2D eigenvalue weighted by Gasteiger charge is 2.58. The molecule has 2 heterocycles. The van der Waals surface area contributed by atoms with Gasteiger partial charge in [0.15, 0.2) is 0 Å². The van der Waals surface area contributed by atoms with E-state index in [4.69, 9.17) is 4.74 Å². The minimum Gasteiger partial charge on any atom is -0.480 e. The number of halogens is 5. The number of ether oxygens (including phenoxy) is 1. The van der Waals surface area contributed by atoms with Crippen molar-refractivity contribution < 1.29 is 37.0 Å². The number of hydrogen-bond donors (Lipinski definition) is 1. The Morgan fingerprint density at radius 3 is 2.45 bits per heavy atom. The molecule has 1 fully saturated rings. The Bertz CT molecular complexity index is 1040.